The molecule has 1 aliphatic heterocycles. The van der Waals surface area contributed by atoms with E-state index in [-0.39, 0.29) is 4.90 Å². The molecule has 0 radical (unpaired) electrons. The van der Waals surface area contributed by atoms with Crippen molar-refractivity contribution in [1.82, 2.24) is 15.2 Å². The van der Waals surface area contributed by atoms with Crippen molar-refractivity contribution >= 4 is 10.0 Å². The van der Waals surface area contributed by atoms with Gasteiger partial charge in [-0.25, -0.2) is 17.8 Å². The third-order valence-electron chi connectivity index (χ3n) is 3.27. The Kier molecular flexibility index (Phi) is 5.09. The van der Waals surface area contributed by atoms with Gasteiger partial charge in [-0.15, -0.1) is 4.83 Å². The first-order valence-corrected chi connectivity index (χ1v) is 8.21. The van der Waals surface area contributed by atoms with Gasteiger partial charge in [0.1, 0.15) is 10.7 Å². The number of hydrogen-bond acceptors (Lipinski definition) is 4. The Labute approximate surface area is 119 Å². The van der Waals surface area contributed by atoms with Crippen molar-refractivity contribution < 1.29 is 12.8 Å². The molecule has 2 N–H and O–H groups in total. The van der Waals surface area contributed by atoms with E-state index in [0.717, 1.165) is 19.3 Å². The zero-order valence-corrected chi connectivity index (χ0v) is 12.3. The minimum absolute atomic E-state index is 0.303. The summed E-state index contributed by atoms with van der Waals surface area (Å²) in [6, 6.07) is 4.18. The fourth-order valence-corrected chi connectivity index (χ4v) is 3.46. The number of piperidine rings is 1. The highest BCUT2D eigenvalue weighted by Crippen LogP contribution is 2.17. The molecule has 0 saturated carbocycles. The zero-order valence-electron chi connectivity index (χ0n) is 11.5. The maximum atomic E-state index is 14.0. The van der Waals surface area contributed by atoms with E-state index in [1.54, 1.807) is 18.1 Å². The number of hydrogen-bond donors (Lipinski definition) is 2. The molecule has 0 aromatic heterocycles. The van der Waals surface area contributed by atoms with Gasteiger partial charge in [0.2, 0.25) is 0 Å². The fourth-order valence-electron chi connectivity index (χ4n) is 2.28. The van der Waals surface area contributed by atoms with Crippen molar-refractivity contribution in [1.29, 1.82) is 0 Å². The van der Waals surface area contributed by atoms with Gasteiger partial charge in [0.15, 0.2) is 0 Å². The number of sulfonamides is 1. The van der Waals surface area contributed by atoms with E-state index in [1.165, 1.54) is 12.1 Å². The first-order valence-electron chi connectivity index (χ1n) is 6.73. The number of rotatable bonds is 5. The van der Waals surface area contributed by atoms with E-state index >= 15 is 0 Å². The van der Waals surface area contributed by atoms with Crippen LogP contribution in [-0.4, -0.2) is 33.6 Å². The first-order chi connectivity index (χ1) is 9.53. The van der Waals surface area contributed by atoms with Gasteiger partial charge in [0.25, 0.3) is 10.0 Å². The van der Waals surface area contributed by atoms with Gasteiger partial charge >= 0.3 is 0 Å². The lowest BCUT2D eigenvalue weighted by Crippen LogP contribution is -2.45. The fraction of sp³-hybridized carbons (Fsp3) is 0.538. The minimum Gasteiger partial charge on any atom is -0.316 e. The third-order valence-corrected chi connectivity index (χ3v) is 4.68. The molecule has 0 spiro atoms. The maximum Gasteiger partial charge on any atom is 0.256 e. The molecule has 1 aliphatic rings. The van der Waals surface area contributed by atoms with Gasteiger partial charge in [0.05, 0.1) is 0 Å². The van der Waals surface area contributed by atoms with Crippen LogP contribution in [0.5, 0.6) is 0 Å². The van der Waals surface area contributed by atoms with Crippen LogP contribution in [0.4, 0.5) is 4.39 Å². The Bertz CT molecular complexity index is 557. The topological polar surface area (TPSA) is 61.4 Å². The number of nitrogens with one attached hydrogen (secondary N) is 2. The number of nitrogens with zero attached hydrogens (tertiary/aromatic N) is 1. The van der Waals surface area contributed by atoms with Gasteiger partial charge in [-0.3, -0.25) is 0 Å². The molecule has 1 aromatic carbocycles. The van der Waals surface area contributed by atoms with Crippen LogP contribution in [0.2, 0.25) is 0 Å². The smallest absolute Gasteiger partial charge is 0.256 e. The standard InChI is InChI=1S/C13H20FN3O2S/c1-15-10-11-5-6-13(12(14)9-11)20(18,19)16-17-7-3-2-4-8-17/h5-6,9,15-16H,2-4,7-8,10H2,1H3. The lowest BCUT2D eigenvalue weighted by Gasteiger charge is -2.26. The molecule has 7 heteroatoms. The molecule has 0 bridgehead atoms. The van der Waals surface area contributed by atoms with Crippen molar-refractivity contribution in [2.45, 2.75) is 30.7 Å². The second-order valence-electron chi connectivity index (χ2n) is 4.94. The second kappa shape index (κ2) is 6.62. The highest BCUT2D eigenvalue weighted by Gasteiger charge is 2.23. The number of halogens is 1. The lowest BCUT2D eigenvalue weighted by atomic mass is 10.2. The molecular weight excluding hydrogens is 281 g/mol. The van der Waals surface area contributed by atoms with Crippen LogP contribution in [-0.2, 0) is 16.6 Å². The zero-order chi connectivity index (χ0) is 14.6. The Morgan fingerprint density at radius 3 is 2.55 bits per heavy atom. The Hall–Kier alpha value is -1.02. The summed E-state index contributed by atoms with van der Waals surface area (Å²) in [5, 5.41) is 4.53. The van der Waals surface area contributed by atoms with Crippen LogP contribution in [0, 0.1) is 5.82 Å². The molecule has 2 rings (SSSR count). The summed E-state index contributed by atoms with van der Waals surface area (Å²) < 4.78 is 38.3. The predicted molar refractivity (Wildman–Crippen MR) is 74.9 cm³/mol. The van der Waals surface area contributed by atoms with E-state index in [4.69, 9.17) is 0 Å². The summed E-state index contributed by atoms with van der Waals surface area (Å²) in [5.74, 6) is -0.720. The van der Waals surface area contributed by atoms with E-state index < -0.39 is 15.8 Å². The van der Waals surface area contributed by atoms with E-state index in [0.29, 0.717) is 25.2 Å². The van der Waals surface area contributed by atoms with Gasteiger partial charge in [-0.05, 0) is 37.6 Å². The average Bonchev–Trinajstić information content (AvgIpc) is 2.39. The average molecular weight is 301 g/mol. The lowest BCUT2D eigenvalue weighted by molar-refractivity contribution is 0.199. The molecule has 5 nitrogen and oxygen atoms in total. The molecular formula is C13H20FN3O2S. The Morgan fingerprint density at radius 1 is 1.25 bits per heavy atom. The monoisotopic (exact) mass is 301 g/mol. The molecule has 1 saturated heterocycles. The summed E-state index contributed by atoms with van der Waals surface area (Å²) in [6.07, 6.45) is 3.00. The highest BCUT2D eigenvalue weighted by atomic mass is 32.2. The van der Waals surface area contributed by atoms with Crippen LogP contribution >= 0.6 is 0 Å². The SMILES string of the molecule is CNCc1ccc(S(=O)(=O)NN2CCCCC2)c(F)c1. The molecule has 1 heterocycles. The second-order valence-corrected chi connectivity index (χ2v) is 6.57. The van der Waals surface area contributed by atoms with Gasteiger partial charge < -0.3 is 5.32 Å². The number of hydrazine groups is 1. The molecule has 0 unspecified atom stereocenters. The van der Waals surface area contributed by atoms with Crippen molar-refractivity contribution in [2.75, 3.05) is 20.1 Å². The van der Waals surface area contributed by atoms with Gasteiger partial charge in [-0.1, -0.05) is 12.5 Å². The largest absolute Gasteiger partial charge is 0.316 e. The van der Waals surface area contributed by atoms with E-state index in [1.807, 2.05) is 0 Å². The Balaban J connectivity index is 2.16. The summed E-state index contributed by atoms with van der Waals surface area (Å²) in [6.45, 7) is 1.83. The minimum atomic E-state index is -3.84. The third kappa shape index (κ3) is 3.76. The number of benzene rings is 1. The highest BCUT2D eigenvalue weighted by molar-refractivity contribution is 7.89. The molecule has 1 fully saturated rings. The predicted octanol–water partition coefficient (Wildman–Crippen LogP) is 1.22. The van der Waals surface area contributed by atoms with Crippen molar-refractivity contribution in [3.05, 3.63) is 29.6 Å². The van der Waals surface area contributed by atoms with Crippen LogP contribution in [0.1, 0.15) is 24.8 Å². The van der Waals surface area contributed by atoms with Gasteiger partial charge in [-0.2, -0.15) is 0 Å². The normalized spacial score (nSPS) is 17.3. The summed E-state index contributed by atoms with van der Waals surface area (Å²) >= 11 is 0. The van der Waals surface area contributed by atoms with Crippen LogP contribution in [0.15, 0.2) is 23.1 Å². The molecule has 112 valence electrons. The molecule has 1 aromatic rings. The van der Waals surface area contributed by atoms with Gasteiger partial charge in [0, 0.05) is 19.6 Å². The van der Waals surface area contributed by atoms with E-state index in [2.05, 4.69) is 10.1 Å². The van der Waals surface area contributed by atoms with E-state index in [9.17, 15) is 12.8 Å². The van der Waals surface area contributed by atoms with Crippen molar-refractivity contribution in [3.8, 4) is 0 Å². The van der Waals surface area contributed by atoms with Crippen molar-refractivity contribution in [2.24, 2.45) is 0 Å². The van der Waals surface area contributed by atoms with Crippen LogP contribution in [0.25, 0.3) is 0 Å². The molecule has 0 aliphatic carbocycles. The molecule has 20 heavy (non-hydrogen) atoms. The molecule has 0 amide bonds. The molecule has 0 atom stereocenters. The van der Waals surface area contributed by atoms with Crippen LogP contribution in [0.3, 0.4) is 0 Å². The quantitative estimate of drug-likeness (QED) is 0.858. The maximum absolute atomic E-state index is 14.0. The first kappa shape index (κ1) is 15.4. The Morgan fingerprint density at radius 2 is 1.95 bits per heavy atom. The van der Waals surface area contributed by atoms with Crippen LogP contribution < -0.4 is 10.1 Å². The summed E-state index contributed by atoms with van der Waals surface area (Å²) in [7, 11) is -2.09. The van der Waals surface area contributed by atoms with Crippen molar-refractivity contribution in [3.63, 3.8) is 0 Å². The summed E-state index contributed by atoms with van der Waals surface area (Å²) in [4.78, 5) is 2.15. The summed E-state index contributed by atoms with van der Waals surface area (Å²) in [5.41, 5.74) is 0.710.